The van der Waals surface area contributed by atoms with Gasteiger partial charge in [-0.3, -0.25) is 9.59 Å². The smallest absolute Gasteiger partial charge is 0.306 e. The van der Waals surface area contributed by atoms with Crippen LogP contribution in [-0.2, 0) is 28.5 Å². The van der Waals surface area contributed by atoms with E-state index in [1.165, 1.54) is 141 Å². The maximum absolute atomic E-state index is 12.5. The van der Waals surface area contributed by atoms with Gasteiger partial charge in [0.25, 0.3) is 0 Å². The van der Waals surface area contributed by atoms with E-state index < -0.39 is 6.10 Å². The third-order valence-electron chi connectivity index (χ3n) is 8.43. The van der Waals surface area contributed by atoms with E-state index in [-0.39, 0.29) is 25.2 Å². The van der Waals surface area contributed by atoms with Crippen molar-refractivity contribution in [3.63, 3.8) is 0 Å². The normalized spacial score (nSPS) is 12.0. The third-order valence-corrected chi connectivity index (χ3v) is 8.43. The molecule has 1 atom stereocenters. The van der Waals surface area contributed by atoms with Gasteiger partial charge in [-0.2, -0.15) is 0 Å². The van der Waals surface area contributed by atoms with Crippen LogP contribution in [0.2, 0.25) is 0 Å². The number of unbranched alkanes of at least 4 members (excludes halogenated alkanes) is 24. The van der Waals surface area contributed by atoms with Crippen LogP contribution in [0.1, 0.15) is 194 Å². The molecule has 0 bridgehead atoms. The predicted octanol–water partition coefficient (Wildman–Crippen LogP) is 11.1. The highest BCUT2D eigenvalue weighted by Crippen LogP contribution is 2.15. The minimum absolute atomic E-state index is 0.0502. The van der Waals surface area contributed by atoms with E-state index in [4.69, 9.17) is 18.9 Å². The fourth-order valence-corrected chi connectivity index (χ4v) is 5.55. The number of rotatable bonds is 36. The molecule has 0 fully saturated rings. The lowest BCUT2D eigenvalue weighted by Crippen LogP contribution is -2.30. The molecule has 0 aromatic heterocycles. The summed E-state index contributed by atoms with van der Waals surface area (Å²) in [6, 6.07) is 0. The largest absolute Gasteiger partial charge is 0.462 e. The van der Waals surface area contributed by atoms with Crippen molar-refractivity contribution in [3.8, 4) is 0 Å². The first kappa shape index (κ1) is 42.9. The summed E-state index contributed by atoms with van der Waals surface area (Å²) in [7, 11) is 1.62. The molecule has 44 heavy (non-hydrogen) atoms. The minimum Gasteiger partial charge on any atom is -0.462 e. The number of carbonyl (C=O) groups is 2. The molecular formula is C38H74O6. The first-order valence-corrected chi connectivity index (χ1v) is 19.1. The number of carbonyl (C=O) groups excluding carboxylic acids is 2. The van der Waals surface area contributed by atoms with Crippen LogP contribution in [0.25, 0.3) is 0 Å². The second-order valence-corrected chi connectivity index (χ2v) is 12.8. The number of esters is 2. The Bertz CT molecular complexity index is 596. The number of methoxy groups -OCH3 is 1. The molecule has 6 nitrogen and oxygen atoms in total. The van der Waals surface area contributed by atoms with E-state index in [9.17, 15) is 9.59 Å². The molecule has 0 amide bonds. The zero-order chi connectivity index (χ0) is 32.2. The SMILES string of the molecule is CCCCCCCCCCCCCCCC(=O)OCC(COCCOC)OC(=O)CCCCCCCCCCCCCCC. The highest BCUT2D eigenvalue weighted by atomic mass is 16.6. The van der Waals surface area contributed by atoms with E-state index in [2.05, 4.69) is 13.8 Å². The Morgan fingerprint density at radius 3 is 1.20 bits per heavy atom. The summed E-state index contributed by atoms with van der Waals surface area (Å²) in [6.45, 7) is 5.67. The minimum atomic E-state index is -0.572. The van der Waals surface area contributed by atoms with E-state index >= 15 is 0 Å². The predicted molar refractivity (Wildman–Crippen MR) is 184 cm³/mol. The average molecular weight is 627 g/mol. The van der Waals surface area contributed by atoms with Gasteiger partial charge in [-0.15, -0.1) is 0 Å². The van der Waals surface area contributed by atoms with Gasteiger partial charge in [-0.25, -0.2) is 0 Å². The van der Waals surface area contributed by atoms with Crippen molar-refractivity contribution in [2.24, 2.45) is 0 Å². The van der Waals surface area contributed by atoms with Crippen molar-refractivity contribution in [1.29, 1.82) is 0 Å². The molecule has 6 heteroatoms. The lowest BCUT2D eigenvalue weighted by molar-refractivity contribution is -0.163. The summed E-state index contributed by atoms with van der Waals surface area (Å²) in [5, 5.41) is 0. The molecule has 262 valence electrons. The Kier molecular flexibility index (Phi) is 35.4. The average Bonchev–Trinajstić information content (AvgIpc) is 3.02. The van der Waals surface area contributed by atoms with Crippen molar-refractivity contribution in [3.05, 3.63) is 0 Å². The Balaban J connectivity index is 3.89. The molecule has 0 aliphatic rings. The van der Waals surface area contributed by atoms with Crippen molar-refractivity contribution in [1.82, 2.24) is 0 Å². The Hall–Kier alpha value is -1.14. The second kappa shape index (κ2) is 36.3. The molecule has 0 aromatic rings. The third kappa shape index (κ3) is 33.7. The van der Waals surface area contributed by atoms with Crippen LogP contribution < -0.4 is 0 Å². The molecule has 0 saturated heterocycles. The van der Waals surface area contributed by atoms with Gasteiger partial charge < -0.3 is 18.9 Å². The fourth-order valence-electron chi connectivity index (χ4n) is 5.55. The van der Waals surface area contributed by atoms with Crippen molar-refractivity contribution in [2.75, 3.05) is 33.5 Å². The summed E-state index contributed by atoms with van der Waals surface area (Å²) in [5.41, 5.74) is 0. The first-order valence-electron chi connectivity index (χ1n) is 19.1. The van der Waals surface area contributed by atoms with Crippen molar-refractivity contribution in [2.45, 2.75) is 200 Å². The molecule has 0 aliphatic carbocycles. The van der Waals surface area contributed by atoms with Crippen LogP contribution >= 0.6 is 0 Å². The molecule has 0 saturated carbocycles. The van der Waals surface area contributed by atoms with Crippen LogP contribution in [-0.4, -0.2) is 51.6 Å². The Labute approximate surface area is 273 Å². The van der Waals surface area contributed by atoms with E-state index in [0.717, 1.165) is 25.7 Å². The standard InChI is InChI=1S/C38H74O6/c1-4-6-8-10-12-14-16-18-20-22-24-26-28-30-37(39)43-35-36(34-42-33-32-41-3)44-38(40)31-29-27-25-23-21-19-17-15-13-11-9-7-5-2/h36H,4-35H2,1-3H3. The number of hydrogen-bond donors (Lipinski definition) is 0. The molecule has 0 heterocycles. The highest BCUT2D eigenvalue weighted by molar-refractivity contribution is 5.70. The van der Waals surface area contributed by atoms with Crippen LogP contribution in [0.4, 0.5) is 0 Å². The lowest BCUT2D eigenvalue weighted by Gasteiger charge is -2.18. The van der Waals surface area contributed by atoms with Gasteiger partial charge in [0.15, 0.2) is 6.10 Å². The molecule has 0 radical (unpaired) electrons. The summed E-state index contributed by atoms with van der Waals surface area (Å²) < 4.78 is 21.7. The summed E-state index contributed by atoms with van der Waals surface area (Å²) in [6.07, 6.45) is 33.4. The van der Waals surface area contributed by atoms with Gasteiger partial charge in [0.05, 0.1) is 19.8 Å². The van der Waals surface area contributed by atoms with Crippen LogP contribution in [0.3, 0.4) is 0 Å². The number of ether oxygens (including phenoxy) is 4. The van der Waals surface area contributed by atoms with Gasteiger partial charge in [-0.1, -0.05) is 168 Å². The van der Waals surface area contributed by atoms with E-state index in [0.29, 0.717) is 26.1 Å². The van der Waals surface area contributed by atoms with E-state index in [1.54, 1.807) is 7.11 Å². The fraction of sp³-hybridized carbons (Fsp3) is 0.947. The van der Waals surface area contributed by atoms with Gasteiger partial charge in [0, 0.05) is 20.0 Å². The summed E-state index contributed by atoms with van der Waals surface area (Å²) in [4.78, 5) is 24.8. The topological polar surface area (TPSA) is 71.1 Å². The Morgan fingerprint density at radius 2 is 0.818 bits per heavy atom. The zero-order valence-electron chi connectivity index (χ0n) is 29.7. The van der Waals surface area contributed by atoms with Gasteiger partial charge in [0.2, 0.25) is 0 Å². The summed E-state index contributed by atoms with van der Waals surface area (Å²) in [5.74, 6) is -0.455. The second-order valence-electron chi connectivity index (χ2n) is 12.8. The zero-order valence-corrected chi connectivity index (χ0v) is 29.7. The lowest BCUT2D eigenvalue weighted by atomic mass is 10.0. The molecule has 0 aliphatic heterocycles. The van der Waals surface area contributed by atoms with Gasteiger partial charge >= 0.3 is 11.9 Å². The molecule has 0 spiro atoms. The molecule has 0 N–H and O–H groups in total. The molecule has 1 unspecified atom stereocenters. The van der Waals surface area contributed by atoms with Crippen LogP contribution in [0, 0.1) is 0 Å². The first-order chi connectivity index (χ1) is 21.6. The van der Waals surface area contributed by atoms with Gasteiger partial charge in [-0.05, 0) is 12.8 Å². The van der Waals surface area contributed by atoms with Crippen molar-refractivity contribution >= 4 is 11.9 Å². The maximum atomic E-state index is 12.5. The number of hydrogen-bond acceptors (Lipinski definition) is 6. The summed E-state index contributed by atoms with van der Waals surface area (Å²) >= 11 is 0. The van der Waals surface area contributed by atoms with Crippen molar-refractivity contribution < 1.29 is 28.5 Å². The van der Waals surface area contributed by atoms with E-state index in [1.807, 2.05) is 0 Å². The van der Waals surface area contributed by atoms with Crippen LogP contribution in [0.15, 0.2) is 0 Å². The molecule has 0 aromatic carbocycles. The highest BCUT2D eigenvalue weighted by Gasteiger charge is 2.17. The van der Waals surface area contributed by atoms with Gasteiger partial charge in [0.1, 0.15) is 6.61 Å². The Morgan fingerprint density at radius 1 is 0.455 bits per heavy atom. The van der Waals surface area contributed by atoms with Crippen LogP contribution in [0.5, 0.6) is 0 Å². The maximum Gasteiger partial charge on any atom is 0.306 e. The quantitative estimate of drug-likeness (QED) is 0.0509. The molecular weight excluding hydrogens is 552 g/mol. The monoisotopic (exact) mass is 627 g/mol. The molecule has 0 rings (SSSR count).